The second-order valence-corrected chi connectivity index (χ2v) is 3.83. The second kappa shape index (κ2) is 5.95. The molecule has 0 unspecified atom stereocenters. The zero-order valence-electron chi connectivity index (χ0n) is 8.86. The van der Waals surface area contributed by atoms with Crippen molar-refractivity contribution in [3.63, 3.8) is 0 Å². The summed E-state index contributed by atoms with van der Waals surface area (Å²) in [6.07, 6.45) is 0. The van der Waals surface area contributed by atoms with Crippen LogP contribution >= 0.6 is 0 Å². The number of nitrogens with two attached hydrogens (primary N) is 1. The zero-order valence-corrected chi connectivity index (χ0v) is 8.86. The first-order chi connectivity index (χ1) is 6.49. The number of aliphatic hydroxyl groups excluding tert-OH is 2. The summed E-state index contributed by atoms with van der Waals surface area (Å²) in [5.41, 5.74) is 4.83. The lowest BCUT2D eigenvalue weighted by Gasteiger charge is -2.30. The van der Waals surface area contributed by atoms with Crippen molar-refractivity contribution in [3.05, 3.63) is 0 Å². The molecular weight excluding hydrogens is 184 g/mol. The SMILES string of the molecule is CC(C)(CN)C(=O)N(CCO)CCO. The number of aliphatic hydroxyl groups is 2. The predicted octanol–water partition coefficient (Wildman–Crippen LogP) is -1.22. The molecule has 1 amide bonds. The topological polar surface area (TPSA) is 86.8 Å². The highest BCUT2D eigenvalue weighted by molar-refractivity contribution is 5.82. The molecule has 0 saturated carbocycles. The van der Waals surface area contributed by atoms with Gasteiger partial charge in [-0.05, 0) is 13.8 Å². The molecule has 0 rings (SSSR count). The van der Waals surface area contributed by atoms with Crippen LogP contribution in [0.1, 0.15) is 13.8 Å². The number of nitrogens with zero attached hydrogens (tertiary/aromatic N) is 1. The largest absolute Gasteiger partial charge is 0.395 e. The highest BCUT2D eigenvalue weighted by atomic mass is 16.3. The van der Waals surface area contributed by atoms with Crippen LogP contribution in [0.5, 0.6) is 0 Å². The van der Waals surface area contributed by atoms with Crippen LogP contribution in [0.25, 0.3) is 0 Å². The fraction of sp³-hybridized carbons (Fsp3) is 0.889. The molecule has 0 aliphatic carbocycles. The van der Waals surface area contributed by atoms with Gasteiger partial charge in [-0.15, -0.1) is 0 Å². The Morgan fingerprint density at radius 2 is 1.71 bits per heavy atom. The molecule has 0 aliphatic rings. The van der Waals surface area contributed by atoms with Gasteiger partial charge >= 0.3 is 0 Å². The summed E-state index contributed by atoms with van der Waals surface area (Å²) in [4.78, 5) is 13.2. The minimum atomic E-state index is -0.635. The highest BCUT2D eigenvalue weighted by Crippen LogP contribution is 2.16. The molecule has 0 spiro atoms. The molecule has 0 bridgehead atoms. The molecule has 0 aromatic carbocycles. The van der Waals surface area contributed by atoms with Gasteiger partial charge in [-0.1, -0.05) is 0 Å². The molecule has 5 nitrogen and oxygen atoms in total. The van der Waals surface area contributed by atoms with Crippen LogP contribution in [-0.2, 0) is 4.79 Å². The normalized spacial score (nSPS) is 11.5. The quantitative estimate of drug-likeness (QED) is 0.506. The maximum atomic E-state index is 11.8. The van der Waals surface area contributed by atoms with Gasteiger partial charge in [-0.25, -0.2) is 0 Å². The van der Waals surface area contributed by atoms with Gasteiger partial charge in [0.2, 0.25) is 5.91 Å². The van der Waals surface area contributed by atoms with Crippen molar-refractivity contribution < 1.29 is 15.0 Å². The summed E-state index contributed by atoms with van der Waals surface area (Å²) in [6, 6.07) is 0. The first-order valence-corrected chi connectivity index (χ1v) is 4.70. The lowest BCUT2D eigenvalue weighted by Crippen LogP contribution is -2.46. The van der Waals surface area contributed by atoms with Gasteiger partial charge in [0, 0.05) is 19.6 Å². The average Bonchev–Trinajstić information content (AvgIpc) is 2.16. The van der Waals surface area contributed by atoms with E-state index in [2.05, 4.69) is 0 Å². The monoisotopic (exact) mass is 204 g/mol. The number of hydrogen-bond donors (Lipinski definition) is 3. The van der Waals surface area contributed by atoms with E-state index in [-0.39, 0.29) is 38.8 Å². The van der Waals surface area contributed by atoms with Crippen molar-refractivity contribution in [1.82, 2.24) is 4.90 Å². The van der Waals surface area contributed by atoms with Gasteiger partial charge < -0.3 is 20.8 Å². The van der Waals surface area contributed by atoms with Crippen molar-refractivity contribution in [2.24, 2.45) is 11.1 Å². The van der Waals surface area contributed by atoms with Gasteiger partial charge in [0.25, 0.3) is 0 Å². The number of carbonyl (C=O) groups is 1. The Balaban J connectivity index is 4.41. The van der Waals surface area contributed by atoms with E-state index >= 15 is 0 Å². The molecule has 0 aromatic heterocycles. The van der Waals surface area contributed by atoms with E-state index in [1.165, 1.54) is 4.90 Å². The molecule has 0 fully saturated rings. The van der Waals surface area contributed by atoms with Crippen molar-refractivity contribution in [2.45, 2.75) is 13.8 Å². The Bertz CT molecular complexity index is 177. The Labute approximate surface area is 84.5 Å². The molecular formula is C9H20N2O3. The molecule has 5 heteroatoms. The lowest BCUT2D eigenvalue weighted by atomic mass is 9.92. The van der Waals surface area contributed by atoms with Crippen molar-refractivity contribution >= 4 is 5.91 Å². The van der Waals surface area contributed by atoms with Crippen molar-refractivity contribution in [2.75, 3.05) is 32.8 Å². The molecule has 14 heavy (non-hydrogen) atoms. The maximum Gasteiger partial charge on any atom is 0.229 e. The highest BCUT2D eigenvalue weighted by Gasteiger charge is 2.29. The molecule has 0 aliphatic heterocycles. The fourth-order valence-electron chi connectivity index (χ4n) is 1.07. The van der Waals surface area contributed by atoms with Crippen LogP contribution in [0.2, 0.25) is 0 Å². The molecule has 0 radical (unpaired) electrons. The Kier molecular flexibility index (Phi) is 5.68. The summed E-state index contributed by atoms with van der Waals surface area (Å²) in [5.74, 6) is -0.136. The molecule has 0 atom stereocenters. The van der Waals surface area contributed by atoms with Crippen molar-refractivity contribution in [1.29, 1.82) is 0 Å². The van der Waals surface area contributed by atoms with Crippen LogP contribution in [0.4, 0.5) is 0 Å². The summed E-state index contributed by atoms with van der Waals surface area (Å²) in [7, 11) is 0. The van der Waals surface area contributed by atoms with E-state index in [0.717, 1.165) is 0 Å². The van der Waals surface area contributed by atoms with Crippen molar-refractivity contribution in [3.8, 4) is 0 Å². The fourth-order valence-corrected chi connectivity index (χ4v) is 1.07. The van der Waals surface area contributed by atoms with E-state index in [4.69, 9.17) is 15.9 Å². The van der Waals surface area contributed by atoms with Crippen LogP contribution in [0, 0.1) is 5.41 Å². The third-order valence-electron chi connectivity index (χ3n) is 2.12. The van der Waals surface area contributed by atoms with Gasteiger partial charge in [0.15, 0.2) is 0 Å². The van der Waals surface area contributed by atoms with Crippen LogP contribution in [0.15, 0.2) is 0 Å². The van der Waals surface area contributed by atoms with Crippen LogP contribution in [-0.4, -0.2) is 53.9 Å². The number of carbonyl (C=O) groups excluding carboxylic acids is 1. The van der Waals surface area contributed by atoms with Gasteiger partial charge in [0.05, 0.1) is 18.6 Å². The Morgan fingerprint density at radius 1 is 1.29 bits per heavy atom. The molecule has 4 N–H and O–H groups in total. The van der Waals surface area contributed by atoms with Gasteiger partial charge in [-0.3, -0.25) is 4.79 Å². The smallest absolute Gasteiger partial charge is 0.229 e. The zero-order chi connectivity index (χ0) is 11.2. The average molecular weight is 204 g/mol. The summed E-state index contributed by atoms with van der Waals surface area (Å²) >= 11 is 0. The standard InChI is InChI=1S/C9H20N2O3/c1-9(2,7-10)8(14)11(3-5-12)4-6-13/h12-13H,3-7,10H2,1-2H3. The van der Waals surface area contributed by atoms with E-state index in [9.17, 15) is 4.79 Å². The minimum Gasteiger partial charge on any atom is -0.395 e. The Hall–Kier alpha value is -0.650. The third kappa shape index (κ3) is 3.61. The van der Waals surface area contributed by atoms with Crippen LogP contribution < -0.4 is 5.73 Å². The lowest BCUT2D eigenvalue weighted by molar-refractivity contribution is -0.140. The number of rotatable bonds is 6. The summed E-state index contributed by atoms with van der Waals surface area (Å²) in [5, 5.41) is 17.5. The first-order valence-electron chi connectivity index (χ1n) is 4.70. The van der Waals surface area contributed by atoms with E-state index < -0.39 is 5.41 Å². The summed E-state index contributed by atoms with van der Waals surface area (Å²) < 4.78 is 0. The maximum absolute atomic E-state index is 11.8. The number of hydrogen-bond acceptors (Lipinski definition) is 4. The molecule has 0 heterocycles. The third-order valence-corrected chi connectivity index (χ3v) is 2.12. The van der Waals surface area contributed by atoms with Gasteiger partial charge in [-0.2, -0.15) is 0 Å². The first kappa shape index (κ1) is 13.4. The predicted molar refractivity (Wildman–Crippen MR) is 53.6 cm³/mol. The summed E-state index contributed by atoms with van der Waals surface area (Å²) in [6.45, 7) is 4.01. The molecule has 0 saturated heterocycles. The molecule has 0 aromatic rings. The number of amides is 1. The Morgan fingerprint density at radius 3 is 2.00 bits per heavy atom. The van der Waals surface area contributed by atoms with Gasteiger partial charge in [0.1, 0.15) is 0 Å². The van der Waals surface area contributed by atoms with E-state index in [0.29, 0.717) is 0 Å². The van der Waals surface area contributed by atoms with E-state index in [1.54, 1.807) is 13.8 Å². The van der Waals surface area contributed by atoms with E-state index in [1.807, 2.05) is 0 Å². The minimum absolute atomic E-state index is 0.105. The second-order valence-electron chi connectivity index (χ2n) is 3.83. The van der Waals surface area contributed by atoms with Crippen LogP contribution in [0.3, 0.4) is 0 Å². The molecule has 84 valence electrons.